The number of pyridine rings is 3. The number of hydrogen-bond acceptors (Lipinski definition) is 10. The summed E-state index contributed by atoms with van der Waals surface area (Å²) in [6, 6.07) is 47.3. The van der Waals surface area contributed by atoms with Gasteiger partial charge >= 0.3 is 0 Å². The Morgan fingerprint density at radius 3 is 0.905 bits per heavy atom. The van der Waals surface area contributed by atoms with Gasteiger partial charge in [-0.3, -0.25) is 19.2 Å². The lowest BCUT2D eigenvalue weighted by molar-refractivity contribution is -0.123. The Labute approximate surface area is 430 Å². The molecular formula is C60H64N10O4. The summed E-state index contributed by atoms with van der Waals surface area (Å²) in [5.41, 5.74) is 8.09. The summed E-state index contributed by atoms with van der Waals surface area (Å²) >= 11 is 0. The highest BCUT2D eigenvalue weighted by atomic mass is 16.2. The van der Waals surface area contributed by atoms with Crippen molar-refractivity contribution in [3.05, 3.63) is 146 Å². The second-order valence-corrected chi connectivity index (χ2v) is 18.7. The second kappa shape index (κ2) is 25.3. The topological polar surface area (TPSA) is 191 Å². The number of carbonyl (C=O) groups excluding carboxylic acids is 4. The van der Waals surface area contributed by atoms with Crippen LogP contribution in [-0.2, 0) is 19.2 Å². The van der Waals surface area contributed by atoms with Gasteiger partial charge in [0.25, 0.3) is 0 Å². The SMILES string of the molecule is O=C(CCNc1c2ccccc2nc2ccccc12)NCCCCCNC(=O)CC(CC(=O)NCCCCCNC(=O)CCNc1c2ccccc2nc2ccccc12)Nc1c2ccccc2nc2ccccc12. The molecule has 3 aromatic heterocycles. The van der Waals surface area contributed by atoms with Crippen molar-refractivity contribution < 1.29 is 19.2 Å². The quantitative estimate of drug-likeness (QED) is 0.0203. The zero-order valence-electron chi connectivity index (χ0n) is 41.7. The van der Waals surface area contributed by atoms with Gasteiger partial charge < -0.3 is 37.2 Å². The number of anilines is 3. The van der Waals surface area contributed by atoms with E-state index >= 15 is 0 Å². The fraction of sp³-hybridized carbons (Fsp3) is 0.283. The maximum Gasteiger partial charge on any atom is 0.222 e. The Bertz CT molecular complexity index is 3090. The molecule has 378 valence electrons. The van der Waals surface area contributed by atoms with Crippen molar-refractivity contribution in [3.8, 4) is 0 Å². The molecule has 0 bridgehead atoms. The van der Waals surface area contributed by atoms with E-state index in [1.54, 1.807) is 0 Å². The molecule has 0 aliphatic carbocycles. The lowest BCUT2D eigenvalue weighted by Gasteiger charge is -2.22. The van der Waals surface area contributed by atoms with Crippen LogP contribution >= 0.6 is 0 Å². The molecule has 0 aliphatic heterocycles. The van der Waals surface area contributed by atoms with Crippen molar-refractivity contribution >= 4 is 106 Å². The first-order valence-electron chi connectivity index (χ1n) is 26.0. The second-order valence-electron chi connectivity index (χ2n) is 18.7. The molecule has 6 aromatic carbocycles. The monoisotopic (exact) mass is 989 g/mol. The molecule has 4 amide bonds. The number of aromatic nitrogens is 3. The van der Waals surface area contributed by atoms with Crippen LogP contribution in [0.5, 0.6) is 0 Å². The zero-order valence-corrected chi connectivity index (χ0v) is 41.7. The van der Waals surface area contributed by atoms with Crippen LogP contribution in [0.1, 0.15) is 64.2 Å². The molecule has 0 spiro atoms. The van der Waals surface area contributed by atoms with E-state index in [0.29, 0.717) is 52.1 Å². The molecule has 0 radical (unpaired) electrons. The van der Waals surface area contributed by atoms with Gasteiger partial charge in [-0.15, -0.1) is 0 Å². The summed E-state index contributed by atoms with van der Waals surface area (Å²) in [4.78, 5) is 67.0. The van der Waals surface area contributed by atoms with E-state index in [0.717, 1.165) is 121 Å². The Balaban J connectivity index is 0.692. The van der Waals surface area contributed by atoms with E-state index in [1.807, 2.05) is 146 Å². The lowest BCUT2D eigenvalue weighted by Crippen LogP contribution is -2.36. The average molecular weight is 989 g/mol. The highest BCUT2D eigenvalue weighted by Gasteiger charge is 2.21. The summed E-state index contributed by atoms with van der Waals surface area (Å²) in [6.07, 6.45) is 5.62. The molecule has 3 heterocycles. The fourth-order valence-corrected chi connectivity index (χ4v) is 9.57. The van der Waals surface area contributed by atoms with E-state index in [2.05, 4.69) is 37.2 Å². The molecule has 0 unspecified atom stereocenters. The van der Waals surface area contributed by atoms with Crippen molar-refractivity contribution in [1.29, 1.82) is 0 Å². The molecule has 0 atom stereocenters. The van der Waals surface area contributed by atoms with Crippen LogP contribution in [0, 0.1) is 0 Å². The summed E-state index contributed by atoms with van der Waals surface area (Å²) in [5, 5.41) is 28.7. The van der Waals surface area contributed by atoms with Crippen molar-refractivity contribution in [1.82, 2.24) is 36.2 Å². The summed E-state index contributed by atoms with van der Waals surface area (Å²) in [5.74, 6) is -0.328. The third-order valence-electron chi connectivity index (χ3n) is 13.3. The van der Waals surface area contributed by atoms with Crippen molar-refractivity contribution in [2.75, 3.05) is 55.2 Å². The minimum absolute atomic E-state index is 0.0165. The normalized spacial score (nSPS) is 11.4. The first-order valence-corrected chi connectivity index (χ1v) is 26.0. The first-order chi connectivity index (χ1) is 36.4. The Morgan fingerprint density at radius 1 is 0.324 bits per heavy atom. The third kappa shape index (κ3) is 13.2. The van der Waals surface area contributed by atoms with Gasteiger partial charge in [0, 0.05) is 103 Å². The first kappa shape index (κ1) is 50.5. The van der Waals surface area contributed by atoms with Crippen molar-refractivity contribution in [2.24, 2.45) is 0 Å². The number of unbranched alkanes of at least 4 members (excludes halogenated alkanes) is 4. The molecule has 14 heteroatoms. The number of nitrogens with one attached hydrogen (secondary N) is 7. The molecule has 14 nitrogen and oxygen atoms in total. The number of benzene rings is 6. The maximum absolute atomic E-state index is 13.5. The lowest BCUT2D eigenvalue weighted by atomic mass is 10.0. The molecule has 0 saturated carbocycles. The summed E-state index contributed by atoms with van der Waals surface area (Å²) < 4.78 is 0. The number of rotatable bonds is 26. The maximum atomic E-state index is 13.5. The van der Waals surface area contributed by atoms with Crippen LogP contribution in [-0.4, -0.2) is 83.9 Å². The van der Waals surface area contributed by atoms with Crippen LogP contribution in [0.4, 0.5) is 17.1 Å². The Hall–Kier alpha value is -8.39. The van der Waals surface area contributed by atoms with Crippen LogP contribution in [0.25, 0.3) is 65.4 Å². The molecular weight excluding hydrogens is 925 g/mol. The van der Waals surface area contributed by atoms with E-state index < -0.39 is 6.04 Å². The highest BCUT2D eigenvalue weighted by molar-refractivity contribution is 6.09. The fourth-order valence-electron chi connectivity index (χ4n) is 9.57. The number of para-hydroxylation sites is 6. The molecule has 7 N–H and O–H groups in total. The third-order valence-corrected chi connectivity index (χ3v) is 13.3. The van der Waals surface area contributed by atoms with Crippen molar-refractivity contribution in [3.63, 3.8) is 0 Å². The van der Waals surface area contributed by atoms with E-state index in [4.69, 9.17) is 15.0 Å². The Kier molecular flexibility index (Phi) is 17.3. The van der Waals surface area contributed by atoms with Gasteiger partial charge in [-0.1, -0.05) is 109 Å². The van der Waals surface area contributed by atoms with Gasteiger partial charge in [-0.05, 0) is 74.9 Å². The van der Waals surface area contributed by atoms with Gasteiger partial charge in [0.2, 0.25) is 23.6 Å². The van der Waals surface area contributed by atoms with Gasteiger partial charge in [-0.25, -0.2) is 15.0 Å². The molecule has 74 heavy (non-hydrogen) atoms. The van der Waals surface area contributed by atoms with Crippen molar-refractivity contribution in [2.45, 2.75) is 70.3 Å². The predicted molar refractivity (Wildman–Crippen MR) is 300 cm³/mol. The molecule has 9 rings (SSSR count). The van der Waals surface area contributed by atoms with E-state index in [1.165, 1.54) is 0 Å². The molecule has 0 aliphatic rings. The predicted octanol–water partition coefficient (Wildman–Crippen LogP) is 10.2. The zero-order chi connectivity index (χ0) is 50.9. The summed E-state index contributed by atoms with van der Waals surface area (Å²) in [7, 11) is 0. The minimum atomic E-state index is -0.495. The van der Waals surface area contributed by atoms with Crippen LogP contribution in [0.2, 0.25) is 0 Å². The summed E-state index contributed by atoms with van der Waals surface area (Å²) in [6.45, 7) is 3.08. The average Bonchev–Trinajstić information content (AvgIpc) is 3.42. The van der Waals surface area contributed by atoms with Gasteiger partial charge in [0.15, 0.2) is 0 Å². The number of hydrogen-bond donors (Lipinski definition) is 7. The van der Waals surface area contributed by atoms with Crippen LogP contribution < -0.4 is 37.2 Å². The molecule has 0 fully saturated rings. The van der Waals surface area contributed by atoms with E-state index in [9.17, 15) is 19.2 Å². The smallest absolute Gasteiger partial charge is 0.222 e. The highest BCUT2D eigenvalue weighted by Crippen LogP contribution is 2.34. The van der Waals surface area contributed by atoms with Gasteiger partial charge in [0.1, 0.15) is 0 Å². The van der Waals surface area contributed by atoms with Crippen LogP contribution in [0.3, 0.4) is 0 Å². The Morgan fingerprint density at radius 2 is 0.595 bits per heavy atom. The van der Waals surface area contributed by atoms with Crippen LogP contribution in [0.15, 0.2) is 146 Å². The number of nitrogens with zero attached hydrogens (tertiary/aromatic N) is 3. The standard InChI is InChI=1S/C60H64N10O4/c71-54(31-37-65-58-42-19-3-9-25-48(42)68-49-26-10-4-20-43(49)58)61-33-15-1-17-35-63-56(73)39-41(67-60-46-23-7-13-29-52(46)70-53-30-14-8-24-47(53)60)40-57(74)64-36-18-2-16-34-62-55(72)32-38-66-59-44-21-5-11-27-50(44)69-51-28-12-6-22-45(51)59/h3-14,19-30,41H,1-2,15-18,31-40H2,(H,61,71)(H,62,72)(H,63,73)(H,64,74)(H,65,68)(H,66,69)(H,67,70). The minimum Gasteiger partial charge on any atom is -0.383 e. The number of fused-ring (bicyclic) bond motifs is 6. The van der Waals surface area contributed by atoms with Gasteiger partial charge in [0.05, 0.1) is 50.2 Å². The number of carbonyl (C=O) groups is 4. The molecule has 9 aromatic rings. The largest absolute Gasteiger partial charge is 0.383 e. The van der Waals surface area contributed by atoms with Gasteiger partial charge in [-0.2, -0.15) is 0 Å². The number of amides is 4. The molecule has 0 saturated heterocycles. The van der Waals surface area contributed by atoms with E-state index in [-0.39, 0.29) is 36.5 Å².